The van der Waals surface area contributed by atoms with Crippen molar-refractivity contribution in [3.8, 4) is 0 Å². The fraction of sp³-hybridized carbons (Fsp3) is 0.324. The molecule has 0 spiro atoms. The number of benzene rings is 4. The van der Waals surface area contributed by atoms with Crippen molar-refractivity contribution in [2.75, 3.05) is 11.4 Å². The Kier molecular flexibility index (Phi) is 8.55. The monoisotopic (exact) mass is 573 g/mol. The number of nitrogens with one attached hydrogen (secondary N) is 1. The van der Waals surface area contributed by atoms with E-state index >= 15 is 0 Å². The van der Waals surface area contributed by atoms with Crippen LogP contribution in [0.15, 0.2) is 91.0 Å². The Labute approximate surface area is 253 Å². The molecule has 6 nitrogen and oxygen atoms in total. The van der Waals surface area contributed by atoms with Gasteiger partial charge < -0.3 is 15.1 Å². The van der Waals surface area contributed by atoms with Gasteiger partial charge >= 0.3 is 0 Å². The predicted molar refractivity (Wildman–Crippen MR) is 171 cm³/mol. The average molecular weight is 574 g/mol. The van der Waals surface area contributed by atoms with Crippen LogP contribution in [0.3, 0.4) is 0 Å². The summed E-state index contributed by atoms with van der Waals surface area (Å²) in [7, 11) is 0. The maximum absolute atomic E-state index is 14.1. The van der Waals surface area contributed by atoms with E-state index in [1.165, 1.54) is 0 Å². The van der Waals surface area contributed by atoms with Crippen LogP contribution in [0.4, 0.5) is 5.69 Å². The third-order valence-corrected chi connectivity index (χ3v) is 8.87. The highest BCUT2D eigenvalue weighted by molar-refractivity contribution is 6.25. The first-order chi connectivity index (χ1) is 21.0. The molecule has 0 saturated heterocycles. The zero-order chi connectivity index (χ0) is 29.8. The van der Waals surface area contributed by atoms with E-state index in [1.807, 2.05) is 97.9 Å². The summed E-state index contributed by atoms with van der Waals surface area (Å²) in [6.07, 6.45) is 5.38. The van der Waals surface area contributed by atoms with Crippen LogP contribution in [0.1, 0.15) is 65.6 Å². The molecule has 1 atom stereocenters. The smallest absolute Gasteiger partial charge is 0.258 e. The Hall–Kier alpha value is -4.45. The fourth-order valence-corrected chi connectivity index (χ4v) is 6.54. The summed E-state index contributed by atoms with van der Waals surface area (Å²) >= 11 is 0. The van der Waals surface area contributed by atoms with Crippen LogP contribution >= 0.6 is 0 Å². The van der Waals surface area contributed by atoms with Crippen LogP contribution in [0.5, 0.6) is 0 Å². The molecule has 3 amide bonds. The molecular weight excluding hydrogens is 534 g/mol. The summed E-state index contributed by atoms with van der Waals surface area (Å²) < 4.78 is 0. The molecule has 2 aliphatic rings. The fourth-order valence-electron chi connectivity index (χ4n) is 6.54. The van der Waals surface area contributed by atoms with Gasteiger partial charge in [-0.15, -0.1) is 0 Å². The molecule has 0 radical (unpaired) electrons. The quantitative estimate of drug-likeness (QED) is 0.220. The molecule has 1 saturated carbocycles. The zero-order valence-electron chi connectivity index (χ0n) is 24.8. The molecule has 6 rings (SSSR count). The topological polar surface area (TPSA) is 69.7 Å². The van der Waals surface area contributed by atoms with Crippen LogP contribution < -0.4 is 10.2 Å². The van der Waals surface area contributed by atoms with Gasteiger partial charge in [0, 0.05) is 42.9 Å². The minimum atomic E-state index is -0.636. The van der Waals surface area contributed by atoms with Crippen LogP contribution in [-0.2, 0) is 22.6 Å². The third-order valence-electron chi connectivity index (χ3n) is 8.87. The third kappa shape index (κ3) is 6.34. The second kappa shape index (κ2) is 12.8. The van der Waals surface area contributed by atoms with Crippen molar-refractivity contribution in [2.24, 2.45) is 0 Å². The second-order valence-corrected chi connectivity index (χ2v) is 11.9. The number of nitrogens with zero attached hydrogens (tertiary/aromatic N) is 2. The lowest BCUT2D eigenvalue weighted by Crippen LogP contribution is -2.52. The number of amides is 3. The maximum atomic E-state index is 14.1. The van der Waals surface area contributed by atoms with Gasteiger partial charge in [-0.05, 0) is 54.8 Å². The minimum absolute atomic E-state index is 0.0198. The van der Waals surface area contributed by atoms with Crippen molar-refractivity contribution in [3.05, 3.63) is 113 Å². The zero-order valence-corrected chi connectivity index (χ0v) is 24.8. The molecular formula is C37H39N3O3. The van der Waals surface area contributed by atoms with E-state index in [9.17, 15) is 14.4 Å². The van der Waals surface area contributed by atoms with Gasteiger partial charge in [-0.25, -0.2) is 0 Å². The molecule has 1 aliphatic carbocycles. The molecule has 4 aromatic rings. The lowest BCUT2D eigenvalue weighted by molar-refractivity contribution is -0.141. The highest BCUT2D eigenvalue weighted by Gasteiger charge is 2.33. The molecule has 1 heterocycles. The standard InChI is InChI=1S/C37H39N3O3/c1-26-19-21-28(22-20-26)25-40(33(24-27-10-3-2-4-11-27)36(42)38-30-14-5-6-15-30)34(41)18-9-23-39-32-17-8-13-29-12-7-16-31(35(29)32)37(39)43/h2-4,7-8,10-13,16-17,19-22,30,33H,5-6,9,14-15,18,23-25H2,1H3,(H,38,42)/t33-/m0/s1. The number of hydrogen-bond donors (Lipinski definition) is 1. The highest BCUT2D eigenvalue weighted by Crippen LogP contribution is 2.37. The number of carbonyl (C=O) groups excluding carboxylic acids is 3. The Morgan fingerprint density at radius 1 is 0.884 bits per heavy atom. The van der Waals surface area contributed by atoms with E-state index in [1.54, 1.807) is 9.80 Å². The molecule has 43 heavy (non-hydrogen) atoms. The van der Waals surface area contributed by atoms with Crippen molar-refractivity contribution in [2.45, 2.75) is 70.5 Å². The van der Waals surface area contributed by atoms with E-state index in [4.69, 9.17) is 0 Å². The molecule has 1 N–H and O–H groups in total. The van der Waals surface area contributed by atoms with Gasteiger partial charge in [0.25, 0.3) is 5.91 Å². The first kappa shape index (κ1) is 28.7. The largest absolute Gasteiger partial charge is 0.352 e. The first-order valence-corrected chi connectivity index (χ1v) is 15.5. The van der Waals surface area contributed by atoms with E-state index in [0.717, 1.165) is 58.8 Å². The van der Waals surface area contributed by atoms with Gasteiger partial charge in [0.2, 0.25) is 11.8 Å². The van der Waals surface area contributed by atoms with Gasteiger partial charge in [0.15, 0.2) is 0 Å². The number of rotatable bonds is 11. The summed E-state index contributed by atoms with van der Waals surface area (Å²) in [5, 5.41) is 5.30. The van der Waals surface area contributed by atoms with E-state index in [0.29, 0.717) is 31.5 Å². The Morgan fingerprint density at radius 3 is 2.35 bits per heavy atom. The van der Waals surface area contributed by atoms with Crippen LogP contribution in [0.2, 0.25) is 0 Å². The van der Waals surface area contributed by atoms with E-state index in [-0.39, 0.29) is 30.2 Å². The summed E-state index contributed by atoms with van der Waals surface area (Å²) in [4.78, 5) is 44.8. The van der Waals surface area contributed by atoms with Crippen LogP contribution in [-0.4, -0.2) is 41.2 Å². The van der Waals surface area contributed by atoms with Gasteiger partial charge in [-0.1, -0.05) is 97.3 Å². The van der Waals surface area contributed by atoms with Crippen LogP contribution in [0, 0.1) is 6.92 Å². The maximum Gasteiger partial charge on any atom is 0.258 e. The van der Waals surface area contributed by atoms with Crippen molar-refractivity contribution >= 4 is 34.2 Å². The molecule has 4 aromatic carbocycles. The molecule has 6 heteroatoms. The number of anilines is 1. The average Bonchev–Trinajstić information content (AvgIpc) is 3.63. The number of aryl methyl sites for hydroxylation is 1. The summed E-state index contributed by atoms with van der Waals surface area (Å²) in [6.45, 7) is 2.83. The molecule has 1 aliphatic heterocycles. The summed E-state index contributed by atoms with van der Waals surface area (Å²) in [5.41, 5.74) is 4.77. The SMILES string of the molecule is Cc1ccc(CN(C(=O)CCCN2C(=O)c3cccc4cccc2c34)[C@@H](Cc2ccccc2)C(=O)NC2CCCC2)cc1. The van der Waals surface area contributed by atoms with Gasteiger partial charge in [0.05, 0.1) is 5.69 Å². The second-order valence-electron chi connectivity index (χ2n) is 11.9. The number of hydrogen-bond acceptors (Lipinski definition) is 3. The Balaban J connectivity index is 1.23. The van der Waals surface area contributed by atoms with Gasteiger partial charge in [-0.2, -0.15) is 0 Å². The molecule has 220 valence electrons. The van der Waals surface area contributed by atoms with Crippen molar-refractivity contribution in [1.82, 2.24) is 10.2 Å². The van der Waals surface area contributed by atoms with Crippen molar-refractivity contribution in [1.29, 1.82) is 0 Å². The predicted octanol–water partition coefficient (Wildman–Crippen LogP) is 6.59. The van der Waals surface area contributed by atoms with Crippen molar-refractivity contribution < 1.29 is 14.4 Å². The van der Waals surface area contributed by atoms with Crippen molar-refractivity contribution in [3.63, 3.8) is 0 Å². The summed E-state index contributed by atoms with van der Waals surface area (Å²) in [5.74, 6) is -0.188. The highest BCUT2D eigenvalue weighted by atomic mass is 16.2. The number of carbonyl (C=O) groups is 3. The normalized spacial score (nSPS) is 15.2. The van der Waals surface area contributed by atoms with E-state index < -0.39 is 6.04 Å². The Bertz CT molecular complexity index is 1600. The molecule has 0 unspecified atom stereocenters. The Morgan fingerprint density at radius 2 is 1.60 bits per heavy atom. The van der Waals surface area contributed by atoms with Crippen LogP contribution in [0.25, 0.3) is 10.8 Å². The molecule has 0 bridgehead atoms. The minimum Gasteiger partial charge on any atom is -0.352 e. The summed E-state index contributed by atoms with van der Waals surface area (Å²) in [6, 6.07) is 29.4. The first-order valence-electron chi connectivity index (χ1n) is 15.5. The van der Waals surface area contributed by atoms with Gasteiger partial charge in [-0.3, -0.25) is 14.4 Å². The molecule has 0 aromatic heterocycles. The van der Waals surface area contributed by atoms with E-state index in [2.05, 4.69) is 5.32 Å². The van der Waals surface area contributed by atoms with Gasteiger partial charge in [0.1, 0.15) is 6.04 Å². The lowest BCUT2D eigenvalue weighted by atomic mass is 10.0. The lowest BCUT2D eigenvalue weighted by Gasteiger charge is -2.32. The molecule has 1 fully saturated rings.